The van der Waals surface area contributed by atoms with Crippen LogP contribution in [0.5, 0.6) is 11.5 Å². The number of Topliss-reactive ketones (excluding diaryl/α,β-unsaturated/α-hetero) is 1. The average Bonchev–Trinajstić information content (AvgIpc) is 2.50. The molecule has 3 nitrogen and oxygen atoms in total. The lowest BCUT2D eigenvalue weighted by atomic mass is 10.1. The predicted molar refractivity (Wildman–Crippen MR) is 83.7 cm³/mol. The molecule has 0 atom stereocenters. The summed E-state index contributed by atoms with van der Waals surface area (Å²) in [6, 6.07) is 10.7. The first kappa shape index (κ1) is 15.4. The highest BCUT2D eigenvalue weighted by molar-refractivity contribution is 6.32. The first-order valence-electron chi connectivity index (χ1n) is 6.58. The van der Waals surface area contributed by atoms with Gasteiger partial charge in [-0.2, -0.15) is 0 Å². The number of ketones is 1. The summed E-state index contributed by atoms with van der Waals surface area (Å²) >= 11 is 6.11. The molecule has 0 N–H and O–H groups in total. The van der Waals surface area contributed by atoms with Crippen molar-refractivity contribution in [3.63, 3.8) is 0 Å². The van der Waals surface area contributed by atoms with Crippen molar-refractivity contribution in [3.05, 3.63) is 58.1 Å². The Labute approximate surface area is 129 Å². The summed E-state index contributed by atoms with van der Waals surface area (Å²) in [5.41, 5.74) is 2.43. The van der Waals surface area contributed by atoms with Crippen LogP contribution in [0.25, 0.3) is 0 Å². The molecule has 0 saturated heterocycles. The van der Waals surface area contributed by atoms with Crippen molar-refractivity contribution in [1.82, 2.24) is 0 Å². The van der Waals surface area contributed by atoms with Gasteiger partial charge in [0.05, 0.1) is 7.11 Å². The summed E-state index contributed by atoms with van der Waals surface area (Å²) in [5, 5.41) is 0.724. The molecule has 2 aromatic carbocycles. The molecule has 2 aromatic rings. The van der Waals surface area contributed by atoms with Gasteiger partial charge in [0.15, 0.2) is 12.4 Å². The fourth-order valence-electron chi connectivity index (χ4n) is 2.02. The molecule has 0 unspecified atom stereocenters. The van der Waals surface area contributed by atoms with E-state index in [0.717, 1.165) is 16.1 Å². The number of carbonyl (C=O) groups is 1. The summed E-state index contributed by atoms with van der Waals surface area (Å²) < 4.78 is 10.7. The quantitative estimate of drug-likeness (QED) is 0.776. The third-order valence-electron chi connectivity index (χ3n) is 3.17. The van der Waals surface area contributed by atoms with Crippen LogP contribution in [0.4, 0.5) is 0 Å². The van der Waals surface area contributed by atoms with Gasteiger partial charge in [-0.1, -0.05) is 23.7 Å². The first-order valence-corrected chi connectivity index (χ1v) is 6.96. The maximum Gasteiger partial charge on any atom is 0.200 e. The monoisotopic (exact) mass is 304 g/mol. The van der Waals surface area contributed by atoms with Crippen LogP contribution in [0.2, 0.25) is 5.02 Å². The van der Waals surface area contributed by atoms with Gasteiger partial charge in [0.2, 0.25) is 0 Å². The lowest BCUT2D eigenvalue weighted by molar-refractivity contribution is 0.0921. The maximum absolute atomic E-state index is 12.1. The zero-order chi connectivity index (χ0) is 15.4. The van der Waals surface area contributed by atoms with Gasteiger partial charge in [0.25, 0.3) is 0 Å². The lowest BCUT2D eigenvalue weighted by Crippen LogP contribution is -2.11. The van der Waals surface area contributed by atoms with E-state index in [2.05, 4.69) is 0 Å². The van der Waals surface area contributed by atoms with Crippen LogP contribution in [0.1, 0.15) is 21.5 Å². The Balaban J connectivity index is 2.07. The molecule has 4 heteroatoms. The van der Waals surface area contributed by atoms with Crippen molar-refractivity contribution in [2.24, 2.45) is 0 Å². The highest BCUT2D eigenvalue weighted by atomic mass is 35.5. The van der Waals surface area contributed by atoms with Crippen LogP contribution in [0, 0.1) is 13.8 Å². The SMILES string of the molecule is COc1cccc(C(=O)COc2cc(C)c(Cl)c(C)c2)c1. The number of hydrogen-bond donors (Lipinski definition) is 0. The van der Waals surface area contributed by atoms with Crippen LogP contribution in [-0.2, 0) is 0 Å². The number of rotatable bonds is 5. The Morgan fingerprint density at radius 1 is 1.10 bits per heavy atom. The molecule has 0 fully saturated rings. The fraction of sp³-hybridized carbons (Fsp3) is 0.235. The van der Waals surface area contributed by atoms with Gasteiger partial charge in [-0.25, -0.2) is 0 Å². The number of aryl methyl sites for hydroxylation is 2. The zero-order valence-corrected chi connectivity index (χ0v) is 13.0. The van der Waals surface area contributed by atoms with E-state index in [-0.39, 0.29) is 12.4 Å². The van der Waals surface area contributed by atoms with E-state index in [4.69, 9.17) is 21.1 Å². The maximum atomic E-state index is 12.1. The first-order chi connectivity index (χ1) is 10.0. The van der Waals surface area contributed by atoms with Gasteiger partial charge >= 0.3 is 0 Å². The Hall–Kier alpha value is -2.00. The second-order valence-electron chi connectivity index (χ2n) is 4.81. The van der Waals surface area contributed by atoms with Gasteiger partial charge in [0, 0.05) is 10.6 Å². The van der Waals surface area contributed by atoms with E-state index in [0.29, 0.717) is 17.1 Å². The van der Waals surface area contributed by atoms with Crippen molar-refractivity contribution >= 4 is 17.4 Å². The molecule has 0 aromatic heterocycles. The molecule has 2 rings (SSSR count). The predicted octanol–water partition coefficient (Wildman–Crippen LogP) is 4.23. The number of ether oxygens (including phenoxy) is 2. The van der Waals surface area contributed by atoms with E-state index < -0.39 is 0 Å². The van der Waals surface area contributed by atoms with Crippen LogP contribution in [-0.4, -0.2) is 19.5 Å². The molecule has 21 heavy (non-hydrogen) atoms. The van der Waals surface area contributed by atoms with Crippen molar-refractivity contribution < 1.29 is 14.3 Å². The molecule has 0 spiro atoms. The second-order valence-corrected chi connectivity index (χ2v) is 5.19. The molecule has 0 aliphatic carbocycles. The highest BCUT2D eigenvalue weighted by Gasteiger charge is 2.09. The van der Waals surface area contributed by atoms with E-state index >= 15 is 0 Å². The Bertz CT molecular complexity index is 642. The van der Waals surface area contributed by atoms with E-state index in [9.17, 15) is 4.79 Å². The van der Waals surface area contributed by atoms with E-state index in [1.165, 1.54) is 0 Å². The van der Waals surface area contributed by atoms with Crippen molar-refractivity contribution in [2.75, 3.05) is 13.7 Å². The number of halogens is 1. The number of benzene rings is 2. The number of hydrogen-bond acceptors (Lipinski definition) is 3. The van der Waals surface area contributed by atoms with Crippen molar-refractivity contribution in [2.45, 2.75) is 13.8 Å². The zero-order valence-electron chi connectivity index (χ0n) is 12.3. The minimum Gasteiger partial charge on any atom is -0.497 e. The molecule has 0 heterocycles. The van der Waals surface area contributed by atoms with E-state index in [1.54, 1.807) is 31.4 Å². The lowest BCUT2D eigenvalue weighted by Gasteiger charge is -2.10. The van der Waals surface area contributed by atoms with Gasteiger partial charge < -0.3 is 9.47 Å². The number of carbonyl (C=O) groups excluding carboxylic acids is 1. The third-order valence-corrected chi connectivity index (χ3v) is 3.77. The largest absolute Gasteiger partial charge is 0.497 e. The molecule has 0 saturated carbocycles. The van der Waals surface area contributed by atoms with Crippen molar-refractivity contribution in [3.8, 4) is 11.5 Å². The molecular weight excluding hydrogens is 288 g/mol. The van der Waals surface area contributed by atoms with Gasteiger partial charge in [-0.05, 0) is 49.2 Å². The Kier molecular flexibility index (Phi) is 4.86. The second kappa shape index (κ2) is 6.64. The van der Waals surface area contributed by atoms with Gasteiger partial charge in [0.1, 0.15) is 11.5 Å². The molecular formula is C17H17ClO3. The van der Waals surface area contributed by atoms with Gasteiger partial charge in [-0.3, -0.25) is 4.79 Å². The minimum atomic E-state index is -0.0980. The minimum absolute atomic E-state index is 0.0202. The van der Waals surface area contributed by atoms with Crippen LogP contribution >= 0.6 is 11.6 Å². The standard InChI is InChI=1S/C17H17ClO3/c1-11-7-15(8-12(2)17(11)18)21-10-16(19)13-5-4-6-14(9-13)20-3/h4-9H,10H2,1-3H3. The summed E-state index contributed by atoms with van der Waals surface area (Å²) in [4.78, 5) is 12.1. The highest BCUT2D eigenvalue weighted by Crippen LogP contribution is 2.26. The summed E-state index contributed by atoms with van der Waals surface area (Å²) in [6.07, 6.45) is 0. The van der Waals surface area contributed by atoms with E-state index in [1.807, 2.05) is 26.0 Å². The molecule has 0 radical (unpaired) electrons. The average molecular weight is 305 g/mol. The summed E-state index contributed by atoms with van der Waals surface area (Å²) in [5.74, 6) is 1.20. The summed E-state index contributed by atoms with van der Waals surface area (Å²) in [6.45, 7) is 3.80. The summed E-state index contributed by atoms with van der Waals surface area (Å²) in [7, 11) is 1.57. The molecule has 0 aliphatic rings. The van der Waals surface area contributed by atoms with Crippen LogP contribution < -0.4 is 9.47 Å². The Morgan fingerprint density at radius 2 is 1.76 bits per heavy atom. The van der Waals surface area contributed by atoms with Crippen LogP contribution in [0.15, 0.2) is 36.4 Å². The molecule has 0 amide bonds. The van der Waals surface area contributed by atoms with Gasteiger partial charge in [-0.15, -0.1) is 0 Å². The topological polar surface area (TPSA) is 35.5 Å². The van der Waals surface area contributed by atoms with Crippen molar-refractivity contribution in [1.29, 1.82) is 0 Å². The number of methoxy groups -OCH3 is 1. The molecule has 110 valence electrons. The third kappa shape index (κ3) is 3.76. The fourth-order valence-corrected chi connectivity index (χ4v) is 2.13. The molecule has 0 aliphatic heterocycles. The molecule has 0 bridgehead atoms. The normalized spacial score (nSPS) is 10.3. The smallest absolute Gasteiger partial charge is 0.200 e. The van der Waals surface area contributed by atoms with Crippen LogP contribution in [0.3, 0.4) is 0 Å². The Morgan fingerprint density at radius 3 is 2.38 bits per heavy atom.